The lowest BCUT2D eigenvalue weighted by Gasteiger charge is -2.14. The summed E-state index contributed by atoms with van der Waals surface area (Å²) in [6.45, 7) is 0. The van der Waals surface area contributed by atoms with Crippen LogP contribution < -0.4 is 0 Å². The lowest BCUT2D eigenvalue weighted by Crippen LogP contribution is -2.07. The number of fused-ring (bicyclic) bond motifs is 15. The molecular formula is C44H26N10. The zero-order valence-corrected chi connectivity index (χ0v) is 28.5. The van der Waals surface area contributed by atoms with Gasteiger partial charge in [-0.25, -0.2) is 19.9 Å². The maximum Gasteiger partial charge on any atom is 0.221 e. The van der Waals surface area contributed by atoms with Crippen molar-refractivity contribution in [3.63, 3.8) is 0 Å². The van der Waals surface area contributed by atoms with Gasteiger partial charge in [0.25, 0.3) is 0 Å². The lowest BCUT2D eigenvalue weighted by molar-refractivity contribution is 0.967. The smallest absolute Gasteiger partial charge is 0.221 e. The summed E-state index contributed by atoms with van der Waals surface area (Å²) in [6, 6.07) is 54.6. The highest BCUT2D eigenvalue weighted by Crippen LogP contribution is 2.35. The first-order valence-corrected chi connectivity index (χ1v) is 17.9. The van der Waals surface area contributed by atoms with Crippen LogP contribution in [0.1, 0.15) is 0 Å². The molecule has 0 N–H and O–H groups in total. The van der Waals surface area contributed by atoms with E-state index in [-0.39, 0.29) is 0 Å². The van der Waals surface area contributed by atoms with Crippen LogP contribution in [-0.4, -0.2) is 46.8 Å². The Morgan fingerprint density at radius 1 is 0.278 bits per heavy atom. The molecule has 6 aromatic carbocycles. The van der Waals surface area contributed by atoms with Crippen LogP contribution in [0.5, 0.6) is 0 Å². The number of nitrogens with zero attached hydrogens (tertiary/aromatic N) is 10. The number of pyridine rings is 1. The highest BCUT2D eigenvalue weighted by molar-refractivity contribution is 5.95. The van der Waals surface area contributed by atoms with Gasteiger partial charge in [0, 0.05) is 12.1 Å². The van der Waals surface area contributed by atoms with Gasteiger partial charge in [0.2, 0.25) is 17.3 Å². The Morgan fingerprint density at radius 3 is 0.963 bits per heavy atom. The number of para-hydroxylation sites is 12. The predicted molar refractivity (Wildman–Crippen MR) is 214 cm³/mol. The molecule has 0 aliphatic heterocycles. The van der Waals surface area contributed by atoms with E-state index in [2.05, 4.69) is 166 Å². The minimum atomic E-state index is 0.725. The molecule has 13 rings (SSSR count). The van der Waals surface area contributed by atoms with Crippen molar-refractivity contribution in [1.82, 2.24) is 46.8 Å². The third kappa shape index (κ3) is 3.48. The van der Waals surface area contributed by atoms with E-state index in [0.29, 0.717) is 0 Å². The zero-order chi connectivity index (χ0) is 35.1. The summed E-state index contributed by atoms with van der Waals surface area (Å²) in [6.07, 6.45) is 0. The van der Waals surface area contributed by atoms with Crippen LogP contribution in [-0.2, 0) is 0 Å². The first-order valence-electron chi connectivity index (χ1n) is 17.9. The van der Waals surface area contributed by atoms with E-state index in [1.807, 2.05) is 18.2 Å². The minimum absolute atomic E-state index is 0.725. The maximum absolute atomic E-state index is 5.55. The van der Waals surface area contributed by atoms with Crippen molar-refractivity contribution < 1.29 is 0 Å². The third-order valence-corrected chi connectivity index (χ3v) is 10.8. The zero-order valence-electron chi connectivity index (χ0n) is 28.5. The molecule has 0 atom stereocenters. The van der Waals surface area contributed by atoms with Crippen LogP contribution in [0.25, 0.3) is 101 Å². The predicted octanol–water partition coefficient (Wildman–Crippen LogP) is 9.32. The van der Waals surface area contributed by atoms with Gasteiger partial charge in [-0.15, -0.1) is 0 Å². The van der Waals surface area contributed by atoms with Crippen LogP contribution in [0, 0.1) is 0 Å². The third-order valence-electron chi connectivity index (χ3n) is 10.8. The van der Waals surface area contributed by atoms with Crippen molar-refractivity contribution in [2.24, 2.45) is 0 Å². The fraction of sp³-hybridized carbons (Fsp3) is 0. The van der Waals surface area contributed by atoms with E-state index in [1.54, 1.807) is 0 Å². The number of hydrogen-bond donors (Lipinski definition) is 0. The van der Waals surface area contributed by atoms with Crippen LogP contribution in [0.15, 0.2) is 158 Å². The van der Waals surface area contributed by atoms with Crippen molar-refractivity contribution >= 4 is 83.5 Å². The molecule has 252 valence electrons. The molecule has 10 nitrogen and oxygen atoms in total. The number of hydrogen-bond acceptors (Lipinski definition) is 4. The fourth-order valence-corrected chi connectivity index (χ4v) is 8.61. The Kier molecular flexibility index (Phi) is 5.17. The highest BCUT2D eigenvalue weighted by Gasteiger charge is 2.24. The van der Waals surface area contributed by atoms with Crippen LogP contribution in [0.3, 0.4) is 0 Å². The molecular weight excluding hydrogens is 669 g/mol. The fourth-order valence-electron chi connectivity index (χ4n) is 8.61. The molecule has 13 aromatic rings. The van der Waals surface area contributed by atoms with Crippen molar-refractivity contribution in [2.75, 3.05) is 0 Å². The standard InChI is InChI=1S/C44H26N10/c1-4-16-31-28(13-1)45-42-49(34-19-7-8-20-35(34)50(31)42)27-25-40(53-38-23-11-9-21-36(38)51-32-17-5-2-14-29(32)46-43(51)53)48-41(26-27)54-39-24-12-10-22-37(39)52-33-18-6-3-15-30(33)47-44(52)54/h1-26H. The summed E-state index contributed by atoms with van der Waals surface area (Å²) in [5, 5.41) is 0. The summed E-state index contributed by atoms with van der Waals surface area (Å²) in [4.78, 5) is 21.2. The normalized spacial score (nSPS) is 12.4. The second-order valence-corrected chi connectivity index (χ2v) is 13.7. The van der Waals surface area contributed by atoms with Gasteiger partial charge in [-0.05, 0) is 72.8 Å². The Morgan fingerprint density at radius 2 is 0.574 bits per heavy atom. The van der Waals surface area contributed by atoms with Gasteiger partial charge >= 0.3 is 0 Å². The van der Waals surface area contributed by atoms with E-state index in [4.69, 9.17) is 19.9 Å². The van der Waals surface area contributed by atoms with Gasteiger partial charge in [0.05, 0.1) is 71.9 Å². The number of imidazole rings is 6. The Bertz CT molecular complexity index is 3300. The maximum atomic E-state index is 5.55. The summed E-state index contributed by atoms with van der Waals surface area (Å²) < 4.78 is 13.3. The van der Waals surface area contributed by atoms with Crippen molar-refractivity contribution in [3.05, 3.63) is 158 Å². The van der Waals surface area contributed by atoms with E-state index in [9.17, 15) is 0 Å². The molecule has 10 heteroatoms. The summed E-state index contributed by atoms with van der Waals surface area (Å²) in [5.41, 5.74) is 13.1. The summed E-state index contributed by atoms with van der Waals surface area (Å²) in [7, 11) is 0. The molecule has 0 aliphatic rings. The van der Waals surface area contributed by atoms with Crippen molar-refractivity contribution in [3.8, 4) is 17.3 Å². The van der Waals surface area contributed by atoms with Gasteiger partial charge in [-0.3, -0.25) is 26.9 Å². The van der Waals surface area contributed by atoms with Gasteiger partial charge in [-0.2, -0.15) is 0 Å². The average molecular weight is 695 g/mol. The highest BCUT2D eigenvalue weighted by atomic mass is 15.3. The number of benzene rings is 6. The first kappa shape index (κ1) is 27.9. The Hall–Kier alpha value is -7.72. The second-order valence-electron chi connectivity index (χ2n) is 13.7. The van der Waals surface area contributed by atoms with Crippen LogP contribution in [0.2, 0.25) is 0 Å². The summed E-state index contributed by atoms with van der Waals surface area (Å²) in [5.74, 6) is 3.85. The average Bonchev–Trinajstić information content (AvgIpc) is 4.04. The van der Waals surface area contributed by atoms with E-state index in [0.717, 1.165) is 101 Å². The van der Waals surface area contributed by atoms with Crippen molar-refractivity contribution in [1.29, 1.82) is 0 Å². The molecule has 0 saturated carbocycles. The van der Waals surface area contributed by atoms with Crippen LogP contribution >= 0.6 is 0 Å². The molecule has 0 spiro atoms. The SMILES string of the molecule is c1ccc2c(c1)nc1n(-c3cc(-n4c5ccccc5n5c6ccccc6nc45)nc(-n4c5ccccc5n5c6ccccc6nc45)c3)c3ccccc3n21. The quantitative estimate of drug-likeness (QED) is 0.185. The molecule has 0 fully saturated rings. The topological polar surface area (TPSA) is 79.6 Å². The minimum Gasteiger partial charge on any atom is -0.278 e. The Labute approximate surface area is 304 Å². The van der Waals surface area contributed by atoms with Crippen molar-refractivity contribution in [2.45, 2.75) is 0 Å². The molecule has 54 heavy (non-hydrogen) atoms. The summed E-state index contributed by atoms with van der Waals surface area (Å²) >= 11 is 0. The molecule has 7 aromatic heterocycles. The second kappa shape index (κ2) is 9.99. The lowest BCUT2D eigenvalue weighted by atomic mass is 10.2. The van der Waals surface area contributed by atoms with Gasteiger partial charge in [-0.1, -0.05) is 72.8 Å². The molecule has 7 heterocycles. The molecule has 0 aliphatic carbocycles. The Balaban J connectivity index is 1.22. The van der Waals surface area contributed by atoms with Crippen LogP contribution in [0.4, 0.5) is 0 Å². The molecule has 0 unspecified atom stereocenters. The number of rotatable bonds is 3. The molecule has 0 radical (unpaired) electrons. The van der Waals surface area contributed by atoms with E-state index in [1.165, 1.54) is 0 Å². The van der Waals surface area contributed by atoms with E-state index < -0.39 is 0 Å². The molecule has 0 amide bonds. The first-order chi connectivity index (χ1) is 26.8. The largest absolute Gasteiger partial charge is 0.278 e. The molecule has 0 saturated heterocycles. The van der Waals surface area contributed by atoms with Gasteiger partial charge < -0.3 is 0 Å². The van der Waals surface area contributed by atoms with Gasteiger partial charge in [0.1, 0.15) is 11.6 Å². The van der Waals surface area contributed by atoms with Gasteiger partial charge in [0.15, 0.2) is 0 Å². The number of aromatic nitrogens is 10. The molecule has 0 bridgehead atoms. The monoisotopic (exact) mass is 694 g/mol. The van der Waals surface area contributed by atoms with E-state index >= 15 is 0 Å².